The molecule has 14 heteroatoms. The molecule has 55 heavy (non-hydrogen) atoms. The summed E-state index contributed by atoms with van der Waals surface area (Å²) < 4.78 is 42.1. The molecule has 312 valence electrons. The fourth-order valence-electron chi connectivity index (χ4n) is 12.8. The van der Waals surface area contributed by atoms with Crippen molar-refractivity contribution in [2.75, 3.05) is 6.61 Å². The summed E-state index contributed by atoms with van der Waals surface area (Å²) in [4.78, 5) is 11.9. The van der Waals surface area contributed by atoms with E-state index in [1.807, 2.05) is 13.8 Å². The minimum absolute atomic E-state index is 0.0452. The van der Waals surface area contributed by atoms with Gasteiger partial charge in [-0.3, -0.25) is 0 Å². The van der Waals surface area contributed by atoms with Gasteiger partial charge in [-0.15, -0.1) is 0 Å². The highest BCUT2D eigenvalue weighted by Gasteiger charge is 2.71. The lowest BCUT2D eigenvalue weighted by molar-refractivity contribution is -0.336. The Labute approximate surface area is 323 Å². The fraction of sp³-hybridized carbons (Fsp3) is 0.927. The average molecular weight is 781 g/mol. The largest absolute Gasteiger partial charge is 0.458 e. The predicted octanol–water partition coefficient (Wildman–Crippen LogP) is 2.22. The minimum Gasteiger partial charge on any atom is -0.458 e. The normalized spacial score (nSPS) is 55.5. The van der Waals surface area contributed by atoms with Gasteiger partial charge in [-0.2, -0.15) is 0 Å². The molecule has 8 rings (SSSR count). The highest BCUT2D eigenvalue weighted by molar-refractivity contribution is 5.85. The number of fused-ring (bicyclic) bond motifs is 5. The molecule has 4 aliphatic heterocycles. The third-order valence-electron chi connectivity index (χ3n) is 16.0. The molecular formula is C41H64O14. The molecule has 14 nitrogen and oxygen atoms in total. The van der Waals surface area contributed by atoms with Crippen molar-refractivity contribution >= 4 is 5.97 Å². The van der Waals surface area contributed by atoms with E-state index in [1.165, 1.54) is 0 Å². The van der Waals surface area contributed by atoms with Gasteiger partial charge in [0.15, 0.2) is 18.9 Å². The van der Waals surface area contributed by atoms with E-state index >= 15 is 0 Å². The van der Waals surface area contributed by atoms with Crippen LogP contribution in [0.25, 0.3) is 0 Å². The van der Waals surface area contributed by atoms with Crippen molar-refractivity contribution < 1.29 is 68.6 Å². The Morgan fingerprint density at radius 2 is 1.29 bits per heavy atom. The van der Waals surface area contributed by atoms with Crippen LogP contribution in [-0.4, -0.2) is 135 Å². The van der Waals surface area contributed by atoms with Gasteiger partial charge >= 0.3 is 5.97 Å². The molecule has 0 aromatic carbocycles. The van der Waals surface area contributed by atoms with E-state index in [1.54, 1.807) is 19.9 Å². The Morgan fingerprint density at radius 3 is 1.87 bits per heavy atom. The number of aliphatic hydroxyl groups is 6. The summed E-state index contributed by atoms with van der Waals surface area (Å²) >= 11 is 0. The molecule has 8 aliphatic rings. The summed E-state index contributed by atoms with van der Waals surface area (Å²) in [6, 6.07) is 0. The third-order valence-corrected chi connectivity index (χ3v) is 16.0. The molecule has 0 amide bonds. The summed E-state index contributed by atoms with van der Waals surface area (Å²) in [5.41, 5.74) is -0.892. The lowest BCUT2D eigenvalue weighted by Gasteiger charge is -2.65. The molecule has 0 aromatic rings. The van der Waals surface area contributed by atoms with Crippen molar-refractivity contribution in [1.82, 2.24) is 0 Å². The van der Waals surface area contributed by atoms with E-state index in [-0.39, 0.29) is 61.1 Å². The second-order valence-corrected chi connectivity index (χ2v) is 18.8. The molecule has 6 unspecified atom stereocenters. The van der Waals surface area contributed by atoms with Crippen molar-refractivity contribution in [3.63, 3.8) is 0 Å². The molecule has 0 spiro atoms. The first kappa shape index (κ1) is 40.5. The molecule has 4 saturated carbocycles. The molecule has 6 N–H and O–H groups in total. The van der Waals surface area contributed by atoms with Crippen molar-refractivity contribution in [3.8, 4) is 0 Å². The van der Waals surface area contributed by atoms with Crippen molar-refractivity contribution in [2.45, 2.75) is 197 Å². The van der Waals surface area contributed by atoms with Gasteiger partial charge in [-0.05, 0) is 107 Å². The van der Waals surface area contributed by atoms with Crippen LogP contribution in [0.5, 0.6) is 0 Å². The van der Waals surface area contributed by atoms with Crippen molar-refractivity contribution in [3.05, 3.63) is 11.6 Å². The van der Waals surface area contributed by atoms with Gasteiger partial charge in [-0.25, -0.2) is 4.79 Å². The van der Waals surface area contributed by atoms with Crippen LogP contribution in [0.15, 0.2) is 11.6 Å². The van der Waals surface area contributed by atoms with E-state index in [2.05, 4.69) is 6.92 Å². The summed E-state index contributed by atoms with van der Waals surface area (Å²) in [6.45, 7) is 9.90. The molecular weight excluding hydrogens is 716 g/mol. The number of carbonyl (C=O) groups excluding carboxylic acids is 1. The number of cyclic esters (lactones) is 1. The highest BCUT2D eigenvalue weighted by Crippen LogP contribution is 2.70. The molecule has 7 fully saturated rings. The van der Waals surface area contributed by atoms with E-state index in [0.29, 0.717) is 18.8 Å². The van der Waals surface area contributed by atoms with E-state index in [0.717, 1.165) is 44.1 Å². The van der Waals surface area contributed by atoms with Crippen LogP contribution >= 0.6 is 0 Å². The summed E-state index contributed by atoms with van der Waals surface area (Å²) in [5, 5.41) is 66.9. The molecule has 3 saturated heterocycles. The number of ether oxygens (including phenoxy) is 7. The zero-order chi connectivity index (χ0) is 39.2. The Balaban J connectivity index is 0.837. The van der Waals surface area contributed by atoms with Gasteiger partial charge in [-0.1, -0.05) is 13.8 Å². The number of carbonyl (C=O) groups is 1. The standard InChI is InChI=1S/C41H64O14/c1-19-36(47)28(42)15-34(50-19)54-38-21(3)52-35(17-30(38)44)55-37-20(2)51-33(16-29(37)43)53-24-8-10-39(4)23(13-24)6-7-26-27(39)14-31(45)40(5)25(9-11-41(26,40)48)22-12-32(46)49-18-22/h12,19-21,23-31,33-38,42-45,47-48H,6-11,13-18H2,1-5H3/t19?,20?,21?,23-,24+,25-,26-,27+,28-,29-,30-,31-,33+,34+,35+,36?,37?,38?,39+,40+,41+/m1/s1. The Bertz CT molecular complexity index is 1410. The number of hydrogen-bond acceptors (Lipinski definition) is 14. The number of rotatable bonds is 7. The lowest BCUT2D eigenvalue weighted by atomic mass is 9.42. The van der Waals surface area contributed by atoms with Gasteiger partial charge in [0.05, 0.1) is 54.4 Å². The summed E-state index contributed by atoms with van der Waals surface area (Å²) in [5.74, 6) is 0.204. The van der Waals surface area contributed by atoms with Crippen molar-refractivity contribution in [2.24, 2.45) is 34.5 Å². The monoisotopic (exact) mass is 780 g/mol. The van der Waals surface area contributed by atoms with Gasteiger partial charge in [0, 0.05) is 30.8 Å². The van der Waals surface area contributed by atoms with Crippen LogP contribution in [-0.2, 0) is 38.0 Å². The highest BCUT2D eigenvalue weighted by atomic mass is 16.7. The Kier molecular flexibility index (Phi) is 11.1. The average Bonchev–Trinajstić information content (AvgIpc) is 3.67. The number of esters is 1. The van der Waals surface area contributed by atoms with Gasteiger partial charge in [0.2, 0.25) is 0 Å². The first-order chi connectivity index (χ1) is 26.0. The van der Waals surface area contributed by atoms with Crippen LogP contribution in [0.2, 0.25) is 0 Å². The quantitative estimate of drug-likeness (QED) is 0.162. The Morgan fingerprint density at radius 1 is 0.691 bits per heavy atom. The predicted molar refractivity (Wildman–Crippen MR) is 193 cm³/mol. The first-order valence-electron chi connectivity index (χ1n) is 20.9. The van der Waals surface area contributed by atoms with E-state index in [4.69, 9.17) is 33.2 Å². The number of aliphatic hydroxyl groups excluding tert-OH is 5. The maximum atomic E-state index is 12.6. The van der Waals surface area contributed by atoms with Gasteiger partial charge < -0.3 is 63.8 Å². The van der Waals surface area contributed by atoms with Crippen LogP contribution in [0.3, 0.4) is 0 Å². The first-order valence-corrected chi connectivity index (χ1v) is 20.9. The number of hydrogen-bond donors (Lipinski definition) is 6. The van der Waals surface area contributed by atoms with Gasteiger partial charge in [0.25, 0.3) is 0 Å². The lowest BCUT2D eigenvalue weighted by Crippen LogP contribution is -2.67. The topological polar surface area (TPSA) is 203 Å². The van der Waals surface area contributed by atoms with Crippen LogP contribution in [0, 0.1) is 34.5 Å². The Hall–Kier alpha value is -1.27. The molecule has 4 aliphatic carbocycles. The second kappa shape index (κ2) is 15.1. The van der Waals surface area contributed by atoms with Crippen LogP contribution in [0.1, 0.15) is 105 Å². The second-order valence-electron chi connectivity index (χ2n) is 18.8. The maximum Gasteiger partial charge on any atom is 0.331 e. The molecule has 21 atom stereocenters. The molecule has 4 heterocycles. The molecule has 0 aromatic heterocycles. The minimum atomic E-state index is -1.01. The molecule has 0 bridgehead atoms. The van der Waals surface area contributed by atoms with Crippen LogP contribution < -0.4 is 0 Å². The van der Waals surface area contributed by atoms with Crippen molar-refractivity contribution in [1.29, 1.82) is 0 Å². The fourth-order valence-corrected chi connectivity index (χ4v) is 12.8. The smallest absolute Gasteiger partial charge is 0.331 e. The van der Waals surface area contributed by atoms with Crippen LogP contribution in [0.4, 0.5) is 0 Å². The third kappa shape index (κ3) is 6.95. The zero-order valence-corrected chi connectivity index (χ0v) is 32.9. The zero-order valence-electron chi connectivity index (χ0n) is 32.9. The van der Waals surface area contributed by atoms with E-state index in [9.17, 15) is 35.4 Å². The summed E-state index contributed by atoms with van der Waals surface area (Å²) in [7, 11) is 0. The van der Waals surface area contributed by atoms with E-state index < -0.39 is 90.9 Å². The molecule has 0 radical (unpaired) electrons. The van der Waals surface area contributed by atoms with Gasteiger partial charge in [0.1, 0.15) is 24.9 Å². The maximum absolute atomic E-state index is 12.6. The SMILES string of the molecule is CC1O[C@@H](OC2C(C)O[C@@H](OC3C(C)O[C@@H](O[C@H]4CC[C@@]5(C)[C@H](CC[C@@H]6[C@@H]5C[C@@H](O)[C@]5(C)[C@@H](C7=CC(=O)OC7)CC[C@]65O)C4)C[C@H]3O)C[C@H]2O)C[C@@H](O)C1O. The summed E-state index contributed by atoms with van der Waals surface area (Å²) in [6.07, 6.45) is -1.51.